The zero-order valence-electron chi connectivity index (χ0n) is 11.2. The van der Waals surface area contributed by atoms with Crippen LogP contribution < -0.4 is 0 Å². The van der Waals surface area contributed by atoms with Crippen LogP contribution in [0.25, 0.3) is 0 Å². The van der Waals surface area contributed by atoms with Crippen molar-refractivity contribution in [2.24, 2.45) is 0 Å². The molecule has 4 nitrogen and oxygen atoms in total. The Kier molecular flexibility index (Phi) is 3.61. The molecule has 0 bridgehead atoms. The van der Waals surface area contributed by atoms with Crippen molar-refractivity contribution < 1.29 is 9.32 Å². The van der Waals surface area contributed by atoms with Gasteiger partial charge in [-0.3, -0.25) is 4.79 Å². The third-order valence-corrected chi connectivity index (χ3v) is 3.82. The first-order valence-corrected chi connectivity index (χ1v) is 7.41. The molecule has 0 spiro atoms. The Morgan fingerprint density at radius 1 is 1.45 bits per heavy atom. The van der Waals surface area contributed by atoms with E-state index in [0.29, 0.717) is 18.3 Å². The summed E-state index contributed by atoms with van der Waals surface area (Å²) in [5.74, 6) is 0.248. The molecule has 0 saturated heterocycles. The average molecular weight is 335 g/mol. The Morgan fingerprint density at radius 2 is 2.25 bits per heavy atom. The first kappa shape index (κ1) is 13.4. The number of hydrogen-bond donors (Lipinski definition) is 0. The highest BCUT2D eigenvalue weighted by atomic mass is 79.9. The topological polar surface area (TPSA) is 46.3 Å². The number of amides is 1. The first-order valence-electron chi connectivity index (χ1n) is 6.62. The van der Waals surface area contributed by atoms with Gasteiger partial charge >= 0.3 is 0 Å². The van der Waals surface area contributed by atoms with Crippen LogP contribution in [-0.2, 0) is 6.54 Å². The highest BCUT2D eigenvalue weighted by Crippen LogP contribution is 2.30. The van der Waals surface area contributed by atoms with E-state index in [9.17, 15) is 4.79 Å². The summed E-state index contributed by atoms with van der Waals surface area (Å²) in [4.78, 5) is 14.4. The maximum atomic E-state index is 12.5. The van der Waals surface area contributed by atoms with Crippen LogP contribution in [0.2, 0.25) is 0 Å². The lowest BCUT2D eigenvalue weighted by Gasteiger charge is -2.21. The molecule has 2 aromatic rings. The van der Waals surface area contributed by atoms with Gasteiger partial charge in [0.15, 0.2) is 0 Å². The fourth-order valence-electron chi connectivity index (χ4n) is 2.19. The normalized spacial score (nSPS) is 14.3. The Bertz CT molecular complexity index is 634. The van der Waals surface area contributed by atoms with Gasteiger partial charge in [0.05, 0.1) is 5.69 Å². The quantitative estimate of drug-likeness (QED) is 0.858. The van der Waals surface area contributed by atoms with Crippen LogP contribution in [0.3, 0.4) is 0 Å². The molecule has 0 radical (unpaired) electrons. The monoisotopic (exact) mass is 334 g/mol. The van der Waals surface area contributed by atoms with E-state index in [-0.39, 0.29) is 5.91 Å². The van der Waals surface area contributed by atoms with E-state index in [4.69, 9.17) is 4.52 Å². The molecule has 20 heavy (non-hydrogen) atoms. The number of carbonyl (C=O) groups excluding carboxylic acids is 1. The van der Waals surface area contributed by atoms with Crippen molar-refractivity contribution in [3.8, 4) is 0 Å². The minimum Gasteiger partial charge on any atom is -0.351 e. The number of benzene rings is 1. The Hall–Kier alpha value is -1.62. The molecule has 0 atom stereocenters. The number of hydrogen-bond acceptors (Lipinski definition) is 3. The van der Waals surface area contributed by atoms with Gasteiger partial charge in [0, 0.05) is 23.1 Å². The fourth-order valence-corrected chi connectivity index (χ4v) is 2.64. The van der Waals surface area contributed by atoms with Crippen LogP contribution in [0.4, 0.5) is 0 Å². The van der Waals surface area contributed by atoms with Gasteiger partial charge in [-0.25, -0.2) is 0 Å². The van der Waals surface area contributed by atoms with E-state index < -0.39 is 0 Å². The second-order valence-corrected chi connectivity index (χ2v) is 6.04. The Labute approximate surface area is 125 Å². The maximum absolute atomic E-state index is 12.5. The smallest absolute Gasteiger partial charge is 0.293 e. The van der Waals surface area contributed by atoms with Gasteiger partial charge in [0.2, 0.25) is 5.76 Å². The lowest BCUT2D eigenvalue weighted by molar-refractivity contribution is 0.0687. The van der Waals surface area contributed by atoms with Gasteiger partial charge in [-0.05, 0) is 37.5 Å². The standard InChI is InChI=1S/C15H15BrN2O2/c1-10-7-14(20-17-10)15(19)18(13-5-6-13)9-11-3-2-4-12(16)8-11/h2-4,7-8,13H,5-6,9H2,1H3. The van der Waals surface area contributed by atoms with Crippen LogP contribution >= 0.6 is 15.9 Å². The molecule has 104 valence electrons. The minimum atomic E-state index is -0.0759. The zero-order valence-corrected chi connectivity index (χ0v) is 12.8. The number of aryl methyl sites for hydroxylation is 1. The summed E-state index contributed by atoms with van der Waals surface area (Å²) >= 11 is 3.46. The van der Waals surface area contributed by atoms with Gasteiger partial charge in [-0.15, -0.1) is 0 Å². The highest BCUT2D eigenvalue weighted by molar-refractivity contribution is 9.10. The fraction of sp³-hybridized carbons (Fsp3) is 0.333. The molecule has 0 unspecified atom stereocenters. The predicted molar refractivity (Wildman–Crippen MR) is 78.3 cm³/mol. The van der Waals surface area contributed by atoms with Crippen LogP contribution in [0, 0.1) is 6.92 Å². The van der Waals surface area contributed by atoms with E-state index in [0.717, 1.165) is 28.6 Å². The van der Waals surface area contributed by atoms with Crippen LogP contribution in [-0.4, -0.2) is 22.0 Å². The molecule has 1 saturated carbocycles. The van der Waals surface area contributed by atoms with Crippen LogP contribution in [0.5, 0.6) is 0 Å². The summed E-state index contributed by atoms with van der Waals surface area (Å²) in [5.41, 5.74) is 1.84. The molecule has 1 aromatic heterocycles. The van der Waals surface area contributed by atoms with Gasteiger partial charge in [0.1, 0.15) is 0 Å². The van der Waals surface area contributed by atoms with Gasteiger partial charge < -0.3 is 9.42 Å². The third kappa shape index (κ3) is 2.93. The van der Waals surface area contributed by atoms with Crippen molar-refractivity contribution in [3.63, 3.8) is 0 Å². The summed E-state index contributed by atoms with van der Waals surface area (Å²) in [5, 5.41) is 3.79. The molecule has 1 aliphatic carbocycles. The van der Waals surface area contributed by atoms with E-state index in [2.05, 4.69) is 21.1 Å². The second-order valence-electron chi connectivity index (χ2n) is 5.13. The van der Waals surface area contributed by atoms with Gasteiger partial charge in [0.25, 0.3) is 5.91 Å². The molecule has 1 heterocycles. The van der Waals surface area contributed by atoms with Gasteiger partial charge in [-0.1, -0.05) is 33.2 Å². The van der Waals surface area contributed by atoms with Crippen molar-refractivity contribution >= 4 is 21.8 Å². The van der Waals surface area contributed by atoms with E-state index in [1.807, 2.05) is 36.1 Å². The molecule has 1 aliphatic rings. The molecule has 3 rings (SSSR count). The van der Waals surface area contributed by atoms with Crippen LogP contribution in [0.15, 0.2) is 39.3 Å². The van der Waals surface area contributed by atoms with Crippen molar-refractivity contribution in [2.75, 3.05) is 0 Å². The predicted octanol–water partition coefficient (Wildman–Crippen LogP) is 3.55. The largest absolute Gasteiger partial charge is 0.351 e. The first-order chi connectivity index (χ1) is 9.63. The molecular weight excluding hydrogens is 320 g/mol. The lowest BCUT2D eigenvalue weighted by atomic mass is 10.2. The summed E-state index contributed by atoms with van der Waals surface area (Å²) in [7, 11) is 0. The Morgan fingerprint density at radius 3 is 2.85 bits per heavy atom. The summed E-state index contributed by atoms with van der Waals surface area (Å²) in [6.07, 6.45) is 2.12. The maximum Gasteiger partial charge on any atom is 0.293 e. The average Bonchev–Trinajstić information content (AvgIpc) is 3.17. The number of carbonyl (C=O) groups is 1. The second kappa shape index (κ2) is 5.40. The van der Waals surface area contributed by atoms with Gasteiger partial charge in [-0.2, -0.15) is 0 Å². The molecule has 0 N–H and O–H groups in total. The SMILES string of the molecule is Cc1cc(C(=O)N(Cc2cccc(Br)c2)C2CC2)on1. The molecule has 1 amide bonds. The van der Waals surface area contributed by atoms with Crippen molar-refractivity contribution in [2.45, 2.75) is 32.4 Å². The van der Waals surface area contributed by atoms with Crippen LogP contribution in [0.1, 0.15) is 34.7 Å². The van der Waals surface area contributed by atoms with E-state index >= 15 is 0 Å². The van der Waals surface area contributed by atoms with Crippen molar-refractivity contribution in [3.05, 3.63) is 51.8 Å². The summed E-state index contributed by atoms with van der Waals surface area (Å²) in [6.45, 7) is 2.42. The molecule has 5 heteroatoms. The summed E-state index contributed by atoms with van der Waals surface area (Å²) < 4.78 is 6.12. The number of aromatic nitrogens is 1. The van der Waals surface area contributed by atoms with Crippen molar-refractivity contribution in [1.82, 2.24) is 10.1 Å². The minimum absolute atomic E-state index is 0.0759. The van der Waals surface area contributed by atoms with E-state index in [1.54, 1.807) is 6.07 Å². The molecule has 1 fully saturated rings. The number of rotatable bonds is 4. The highest BCUT2D eigenvalue weighted by Gasteiger charge is 2.34. The third-order valence-electron chi connectivity index (χ3n) is 3.33. The zero-order chi connectivity index (χ0) is 14.1. The van der Waals surface area contributed by atoms with E-state index in [1.165, 1.54) is 0 Å². The summed E-state index contributed by atoms with van der Waals surface area (Å²) in [6, 6.07) is 10.0. The molecular formula is C15H15BrN2O2. The molecule has 1 aromatic carbocycles. The molecule has 0 aliphatic heterocycles. The van der Waals surface area contributed by atoms with Crippen molar-refractivity contribution in [1.29, 1.82) is 0 Å². The lowest BCUT2D eigenvalue weighted by Crippen LogP contribution is -2.32. The Balaban J connectivity index is 1.81. The number of nitrogens with zero attached hydrogens (tertiary/aromatic N) is 2. The number of halogens is 1.